The largest absolute Gasteiger partial charge is 0.508 e. The fourth-order valence-electron chi connectivity index (χ4n) is 3.17. The number of carbonyl (C=O) groups excluding carboxylic acids is 1. The minimum atomic E-state index is -0.140. The van der Waals surface area contributed by atoms with Crippen molar-refractivity contribution in [2.45, 2.75) is 13.5 Å². The summed E-state index contributed by atoms with van der Waals surface area (Å²) >= 11 is 0. The van der Waals surface area contributed by atoms with Crippen molar-refractivity contribution in [3.05, 3.63) is 95.7 Å². The number of rotatable bonds is 5. The van der Waals surface area contributed by atoms with Gasteiger partial charge in [-0.25, -0.2) is 0 Å². The Bertz CT molecular complexity index is 1170. The van der Waals surface area contributed by atoms with Gasteiger partial charge < -0.3 is 15.7 Å². The number of nitrogens with zero attached hydrogens (tertiary/aromatic N) is 1. The number of nitrogens with one attached hydrogen (secondary N) is 2. The highest BCUT2D eigenvalue weighted by atomic mass is 16.3. The summed E-state index contributed by atoms with van der Waals surface area (Å²) in [7, 11) is 0. The summed E-state index contributed by atoms with van der Waals surface area (Å²) in [6.45, 7) is 2.44. The summed E-state index contributed by atoms with van der Waals surface area (Å²) in [5, 5.41) is 16.9. The fourth-order valence-corrected chi connectivity index (χ4v) is 3.17. The molecule has 0 unspecified atom stereocenters. The lowest BCUT2D eigenvalue weighted by molar-refractivity contribution is 0.0951. The molecule has 1 heterocycles. The Morgan fingerprint density at radius 3 is 2.62 bits per heavy atom. The molecule has 5 heteroatoms. The molecular weight excluding hydrogens is 362 g/mol. The van der Waals surface area contributed by atoms with Gasteiger partial charge in [-0.15, -0.1) is 0 Å². The zero-order valence-corrected chi connectivity index (χ0v) is 16.0. The first-order valence-electron chi connectivity index (χ1n) is 9.38. The van der Waals surface area contributed by atoms with Crippen molar-refractivity contribution in [3.63, 3.8) is 0 Å². The highest BCUT2D eigenvalue weighted by Crippen LogP contribution is 2.29. The summed E-state index contributed by atoms with van der Waals surface area (Å²) in [4.78, 5) is 17.0. The van der Waals surface area contributed by atoms with Crippen LogP contribution in [0.1, 0.15) is 21.5 Å². The molecule has 0 aliphatic heterocycles. The van der Waals surface area contributed by atoms with Gasteiger partial charge >= 0.3 is 0 Å². The van der Waals surface area contributed by atoms with Crippen molar-refractivity contribution in [3.8, 4) is 5.75 Å². The van der Waals surface area contributed by atoms with Crippen molar-refractivity contribution in [2.75, 3.05) is 5.32 Å². The van der Waals surface area contributed by atoms with Crippen LogP contribution in [-0.4, -0.2) is 16.0 Å². The van der Waals surface area contributed by atoms with Gasteiger partial charge in [-0.2, -0.15) is 0 Å². The Hall–Kier alpha value is -3.86. The first-order valence-corrected chi connectivity index (χ1v) is 9.38. The highest BCUT2D eigenvalue weighted by molar-refractivity contribution is 6.01. The molecule has 4 rings (SSSR count). The van der Waals surface area contributed by atoms with Gasteiger partial charge in [0, 0.05) is 41.1 Å². The van der Waals surface area contributed by atoms with E-state index in [1.807, 2.05) is 61.5 Å². The van der Waals surface area contributed by atoms with Crippen LogP contribution in [0.25, 0.3) is 10.9 Å². The third-order valence-corrected chi connectivity index (χ3v) is 4.79. The molecular formula is C24H21N3O2. The number of phenols is 1. The number of aromatic nitrogens is 1. The smallest absolute Gasteiger partial charge is 0.251 e. The van der Waals surface area contributed by atoms with E-state index < -0.39 is 0 Å². The minimum absolute atomic E-state index is 0.140. The summed E-state index contributed by atoms with van der Waals surface area (Å²) in [5.41, 5.74) is 5.02. The van der Waals surface area contributed by atoms with E-state index in [1.54, 1.807) is 24.4 Å². The molecule has 3 aromatic carbocycles. The topological polar surface area (TPSA) is 74.2 Å². The van der Waals surface area contributed by atoms with E-state index in [4.69, 9.17) is 0 Å². The maximum Gasteiger partial charge on any atom is 0.251 e. The van der Waals surface area contributed by atoms with Crippen LogP contribution in [0, 0.1) is 6.92 Å². The number of amides is 1. The van der Waals surface area contributed by atoms with Crippen LogP contribution < -0.4 is 10.6 Å². The van der Waals surface area contributed by atoms with Gasteiger partial charge in [0.1, 0.15) is 5.75 Å². The van der Waals surface area contributed by atoms with Crippen LogP contribution in [-0.2, 0) is 6.54 Å². The lowest BCUT2D eigenvalue weighted by Crippen LogP contribution is -2.22. The van der Waals surface area contributed by atoms with E-state index in [2.05, 4.69) is 15.6 Å². The third kappa shape index (κ3) is 4.19. The monoisotopic (exact) mass is 383 g/mol. The van der Waals surface area contributed by atoms with E-state index in [9.17, 15) is 9.90 Å². The van der Waals surface area contributed by atoms with Crippen LogP contribution >= 0.6 is 0 Å². The third-order valence-electron chi connectivity index (χ3n) is 4.79. The summed E-state index contributed by atoms with van der Waals surface area (Å²) in [6.07, 6.45) is 1.72. The van der Waals surface area contributed by atoms with Crippen molar-refractivity contribution in [1.29, 1.82) is 0 Å². The summed E-state index contributed by atoms with van der Waals surface area (Å²) in [5.74, 6) is 0.0523. The molecule has 0 atom stereocenters. The van der Waals surface area contributed by atoms with E-state index in [0.29, 0.717) is 12.1 Å². The average Bonchev–Trinajstić information content (AvgIpc) is 2.75. The Morgan fingerprint density at radius 2 is 1.79 bits per heavy atom. The Balaban J connectivity index is 1.61. The van der Waals surface area contributed by atoms with Gasteiger partial charge in [-0.3, -0.25) is 9.78 Å². The van der Waals surface area contributed by atoms with Crippen LogP contribution in [0.3, 0.4) is 0 Å². The molecule has 0 saturated carbocycles. The molecule has 0 fully saturated rings. The molecule has 0 aliphatic rings. The quantitative estimate of drug-likeness (QED) is 0.457. The number of phenolic OH excluding ortho intramolecular Hbond substituents is 1. The van der Waals surface area contributed by atoms with E-state index >= 15 is 0 Å². The van der Waals surface area contributed by atoms with Crippen molar-refractivity contribution in [1.82, 2.24) is 10.3 Å². The zero-order valence-electron chi connectivity index (χ0n) is 16.0. The molecule has 3 N–H and O–H groups in total. The Labute approximate surface area is 169 Å². The van der Waals surface area contributed by atoms with Gasteiger partial charge in [0.15, 0.2) is 0 Å². The van der Waals surface area contributed by atoms with Gasteiger partial charge in [-0.05, 0) is 48.4 Å². The molecule has 29 heavy (non-hydrogen) atoms. The molecule has 0 bridgehead atoms. The minimum Gasteiger partial charge on any atom is -0.508 e. The number of anilines is 2. The number of benzene rings is 3. The Morgan fingerprint density at radius 1 is 0.966 bits per heavy atom. The molecule has 1 amide bonds. The van der Waals surface area contributed by atoms with Crippen LogP contribution in [0.5, 0.6) is 5.75 Å². The number of hydrogen-bond donors (Lipinski definition) is 3. The number of hydrogen-bond acceptors (Lipinski definition) is 4. The van der Waals surface area contributed by atoms with Crippen molar-refractivity contribution in [2.24, 2.45) is 0 Å². The van der Waals surface area contributed by atoms with E-state index in [-0.39, 0.29) is 11.7 Å². The van der Waals surface area contributed by atoms with Gasteiger partial charge in [0.25, 0.3) is 5.91 Å². The standard InChI is InChI=1S/C24H21N3O2/c1-16-7-9-19(28)14-23(16)27-22-11-12-25-21-10-8-18(13-20(21)22)24(29)26-15-17-5-3-2-4-6-17/h2-14,28H,15H2,1H3,(H,25,27)(H,26,29). The van der Waals surface area contributed by atoms with Crippen LogP contribution in [0.2, 0.25) is 0 Å². The molecule has 5 nitrogen and oxygen atoms in total. The molecule has 1 aromatic heterocycles. The maximum absolute atomic E-state index is 12.6. The van der Waals surface area contributed by atoms with Gasteiger partial charge in [0.05, 0.1) is 5.52 Å². The molecule has 0 aliphatic carbocycles. The summed E-state index contributed by atoms with van der Waals surface area (Å²) in [6, 6.07) is 22.3. The van der Waals surface area contributed by atoms with Crippen molar-refractivity contribution < 1.29 is 9.90 Å². The second-order valence-electron chi connectivity index (χ2n) is 6.88. The van der Waals surface area contributed by atoms with Crippen LogP contribution in [0.4, 0.5) is 11.4 Å². The predicted octanol–water partition coefficient (Wildman–Crippen LogP) is 4.92. The predicted molar refractivity (Wildman–Crippen MR) is 115 cm³/mol. The second kappa shape index (κ2) is 8.02. The normalized spacial score (nSPS) is 10.7. The molecule has 0 radical (unpaired) electrons. The fraction of sp³-hybridized carbons (Fsp3) is 0.0833. The van der Waals surface area contributed by atoms with Gasteiger partial charge in [0.2, 0.25) is 0 Å². The number of aryl methyl sites for hydroxylation is 1. The van der Waals surface area contributed by atoms with E-state index in [1.165, 1.54) is 0 Å². The van der Waals surface area contributed by atoms with Crippen molar-refractivity contribution >= 4 is 28.2 Å². The highest BCUT2D eigenvalue weighted by Gasteiger charge is 2.10. The number of pyridine rings is 1. The second-order valence-corrected chi connectivity index (χ2v) is 6.88. The molecule has 0 saturated heterocycles. The molecule has 4 aromatic rings. The molecule has 144 valence electrons. The number of aromatic hydroxyl groups is 1. The van der Waals surface area contributed by atoms with Crippen LogP contribution in [0.15, 0.2) is 79.0 Å². The SMILES string of the molecule is Cc1ccc(O)cc1Nc1ccnc2ccc(C(=O)NCc3ccccc3)cc12. The lowest BCUT2D eigenvalue weighted by atomic mass is 10.1. The van der Waals surface area contributed by atoms with Gasteiger partial charge in [-0.1, -0.05) is 36.4 Å². The average molecular weight is 383 g/mol. The summed E-state index contributed by atoms with van der Waals surface area (Å²) < 4.78 is 0. The van der Waals surface area contributed by atoms with E-state index in [0.717, 1.165) is 33.4 Å². The first-order chi connectivity index (χ1) is 14.1. The molecule has 0 spiro atoms. The number of fused-ring (bicyclic) bond motifs is 1. The number of carbonyl (C=O) groups is 1. The zero-order chi connectivity index (χ0) is 20.2. The Kier molecular flexibility index (Phi) is 5.12. The first kappa shape index (κ1) is 18.5. The lowest BCUT2D eigenvalue weighted by Gasteiger charge is -2.13. The maximum atomic E-state index is 12.6.